The Kier molecular flexibility index (Phi) is 9.11. The van der Waals surface area contributed by atoms with Crippen LogP contribution in [-0.2, 0) is 31.6 Å². The van der Waals surface area contributed by atoms with Gasteiger partial charge in [0, 0.05) is 12.6 Å². The molecule has 2 aromatic carbocycles. The van der Waals surface area contributed by atoms with Gasteiger partial charge >= 0.3 is 0 Å². The lowest BCUT2D eigenvalue weighted by Crippen LogP contribution is -2.52. The predicted octanol–water partition coefficient (Wildman–Crippen LogP) is 4.00. The number of nitrogens with zero attached hydrogens (tertiary/aromatic N) is 2. The summed E-state index contributed by atoms with van der Waals surface area (Å²) in [6.45, 7) is 13.3. The summed E-state index contributed by atoms with van der Waals surface area (Å²) >= 11 is 0. The average Bonchev–Trinajstić information content (AvgIpc) is 2.73. The van der Waals surface area contributed by atoms with Gasteiger partial charge < -0.3 is 10.2 Å². The summed E-state index contributed by atoms with van der Waals surface area (Å²) in [5.41, 5.74) is 3.27. The third-order valence-electron chi connectivity index (χ3n) is 5.73. The van der Waals surface area contributed by atoms with E-state index in [0.29, 0.717) is 5.69 Å². The van der Waals surface area contributed by atoms with E-state index in [4.69, 9.17) is 0 Å². The molecule has 7 nitrogen and oxygen atoms in total. The zero-order valence-electron chi connectivity index (χ0n) is 22.1. The van der Waals surface area contributed by atoms with Crippen molar-refractivity contribution < 1.29 is 18.0 Å². The highest BCUT2D eigenvalue weighted by molar-refractivity contribution is 7.92. The number of carbonyl (C=O) groups is 2. The maximum absolute atomic E-state index is 13.6. The van der Waals surface area contributed by atoms with Crippen LogP contribution in [0.1, 0.15) is 58.2 Å². The Balaban J connectivity index is 2.40. The second-order valence-electron chi connectivity index (χ2n) is 10.4. The minimum Gasteiger partial charge on any atom is -0.352 e. The molecular formula is C27H39N3O4S. The number of carbonyl (C=O) groups excluding carboxylic acids is 2. The molecule has 0 aromatic heterocycles. The number of amides is 2. The molecule has 0 aliphatic rings. The molecule has 2 rings (SSSR count). The van der Waals surface area contributed by atoms with Crippen molar-refractivity contribution in [3.8, 4) is 0 Å². The van der Waals surface area contributed by atoms with Crippen LogP contribution in [0.25, 0.3) is 0 Å². The SMILES string of the molecule is Cc1cccc(CN(C(=O)CN(c2ccc(C(C)(C)C)cc2)S(C)(=O)=O)C(C)C(=O)NC(C)C)c1. The molecule has 0 fully saturated rings. The Morgan fingerprint density at radius 3 is 2.09 bits per heavy atom. The number of sulfonamides is 1. The number of rotatable bonds is 9. The largest absolute Gasteiger partial charge is 0.352 e. The Labute approximate surface area is 210 Å². The first-order valence-electron chi connectivity index (χ1n) is 11.8. The van der Waals surface area contributed by atoms with E-state index >= 15 is 0 Å². The van der Waals surface area contributed by atoms with Gasteiger partial charge in [-0.2, -0.15) is 0 Å². The van der Waals surface area contributed by atoms with E-state index in [1.54, 1.807) is 19.1 Å². The molecule has 1 atom stereocenters. The molecule has 2 aromatic rings. The van der Waals surface area contributed by atoms with Crippen LogP contribution in [0.2, 0.25) is 0 Å². The molecule has 1 unspecified atom stereocenters. The summed E-state index contributed by atoms with van der Waals surface area (Å²) in [7, 11) is -3.75. The molecule has 0 spiro atoms. The third kappa shape index (κ3) is 8.09. The molecule has 0 aliphatic heterocycles. The number of aryl methyl sites for hydroxylation is 1. The lowest BCUT2D eigenvalue weighted by atomic mass is 9.87. The van der Waals surface area contributed by atoms with Gasteiger partial charge in [0.25, 0.3) is 0 Å². The topological polar surface area (TPSA) is 86.8 Å². The van der Waals surface area contributed by atoms with Crippen LogP contribution in [0, 0.1) is 6.92 Å². The lowest BCUT2D eigenvalue weighted by molar-refractivity contribution is -0.139. The molecule has 35 heavy (non-hydrogen) atoms. The third-order valence-corrected chi connectivity index (χ3v) is 6.87. The van der Waals surface area contributed by atoms with Crippen LogP contribution >= 0.6 is 0 Å². The molecular weight excluding hydrogens is 462 g/mol. The highest BCUT2D eigenvalue weighted by Gasteiger charge is 2.30. The Hall–Kier alpha value is -2.87. The van der Waals surface area contributed by atoms with Gasteiger partial charge in [0.1, 0.15) is 12.6 Å². The van der Waals surface area contributed by atoms with E-state index in [1.807, 2.05) is 57.2 Å². The molecule has 2 amide bonds. The van der Waals surface area contributed by atoms with Crippen LogP contribution < -0.4 is 9.62 Å². The first-order valence-corrected chi connectivity index (χ1v) is 13.7. The highest BCUT2D eigenvalue weighted by atomic mass is 32.2. The summed E-state index contributed by atoms with van der Waals surface area (Å²) < 4.78 is 26.5. The lowest BCUT2D eigenvalue weighted by Gasteiger charge is -2.32. The van der Waals surface area contributed by atoms with Crippen molar-refractivity contribution in [2.75, 3.05) is 17.1 Å². The minimum absolute atomic E-state index is 0.0882. The van der Waals surface area contributed by atoms with E-state index in [-0.39, 0.29) is 23.9 Å². The fourth-order valence-corrected chi connectivity index (χ4v) is 4.59. The second kappa shape index (κ2) is 11.2. The predicted molar refractivity (Wildman–Crippen MR) is 142 cm³/mol. The smallest absolute Gasteiger partial charge is 0.244 e. The van der Waals surface area contributed by atoms with Gasteiger partial charge in [0.05, 0.1) is 11.9 Å². The second-order valence-corrected chi connectivity index (χ2v) is 12.3. The molecule has 8 heteroatoms. The van der Waals surface area contributed by atoms with E-state index in [2.05, 4.69) is 26.1 Å². The van der Waals surface area contributed by atoms with Gasteiger partial charge in [0.15, 0.2) is 0 Å². The van der Waals surface area contributed by atoms with Gasteiger partial charge in [-0.05, 0) is 56.4 Å². The van der Waals surface area contributed by atoms with Crippen LogP contribution in [0.15, 0.2) is 48.5 Å². The molecule has 0 bridgehead atoms. The maximum atomic E-state index is 13.6. The van der Waals surface area contributed by atoms with Crippen molar-refractivity contribution in [3.63, 3.8) is 0 Å². The standard InChI is InChI=1S/C27H39N3O4S/c1-19(2)28-26(32)21(4)29(17-22-11-9-10-20(3)16-22)25(31)18-30(35(8,33)34)24-14-12-23(13-15-24)27(5,6)7/h9-16,19,21H,17-18H2,1-8H3,(H,28,32). The number of benzene rings is 2. The Bertz CT molecular complexity index is 1140. The number of nitrogens with one attached hydrogen (secondary N) is 1. The summed E-state index contributed by atoms with van der Waals surface area (Å²) in [6.07, 6.45) is 1.08. The van der Waals surface area contributed by atoms with E-state index in [9.17, 15) is 18.0 Å². The van der Waals surface area contributed by atoms with Gasteiger partial charge in [0.2, 0.25) is 21.8 Å². The summed E-state index contributed by atoms with van der Waals surface area (Å²) in [6, 6.07) is 14.0. The van der Waals surface area contributed by atoms with Crippen molar-refractivity contribution in [2.24, 2.45) is 0 Å². The molecule has 0 saturated carbocycles. The maximum Gasteiger partial charge on any atom is 0.244 e. The van der Waals surface area contributed by atoms with Crippen LogP contribution in [0.5, 0.6) is 0 Å². The summed E-state index contributed by atoms with van der Waals surface area (Å²) in [4.78, 5) is 27.8. The van der Waals surface area contributed by atoms with Crippen molar-refractivity contribution in [3.05, 3.63) is 65.2 Å². The van der Waals surface area contributed by atoms with Crippen LogP contribution in [0.4, 0.5) is 5.69 Å². The molecule has 192 valence electrons. The minimum atomic E-state index is -3.75. The van der Waals surface area contributed by atoms with Crippen molar-refractivity contribution >= 4 is 27.5 Å². The van der Waals surface area contributed by atoms with E-state index in [0.717, 1.165) is 27.3 Å². The van der Waals surface area contributed by atoms with Gasteiger partial charge in [-0.15, -0.1) is 0 Å². The first kappa shape index (κ1) is 28.4. The van der Waals surface area contributed by atoms with Crippen molar-refractivity contribution in [1.29, 1.82) is 0 Å². The number of hydrogen-bond donors (Lipinski definition) is 1. The highest BCUT2D eigenvalue weighted by Crippen LogP contribution is 2.26. The van der Waals surface area contributed by atoms with Crippen LogP contribution in [0.3, 0.4) is 0 Å². The molecule has 0 aliphatic carbocycles. The van der Waals surface area contributed by atoms with E-state index in [1.165, 1.54) is 4.90 Å². The van der Waals surface area contributed by atoms with Gasteiger partial charge in [-0.25, -0.2) is 8.42 Å². The molecule has 0 saturated heterocycles. The van der Waals surface area contributed by atoms with Crippen molar-refractivity contribution in [1.82, 2.24) is 10.2 Å². The zero-order valence-corrected chi connectivity index (χ0v) is 22.9. The molecule has 0 radical (unpaired) electrons. The first-order chi connectivity index (χ1) is 16.1. The molecule has 0 heterocycles. The van der Waals surface area contributed by atoms with Crippen molar-refractivity contribution in [2.45, 2.75) is 72.5 Å². The summed E-state index contributed by atoms with van der Waals surface area (Å²) in [5, 5.41) is 2.85. The Morgan fingerprint density at radius 1 is 1.00 bits per heavy atom. The van der Waals surface area contributed by atoms with Gasteiger partial charge in [-0.3, -0.25) is 13.9 Å². The fourth-order valence-electron chi connectivity index (χ4n) is 3.74. The van der Waals surface area contributed by atoms with Crippen LogP contribution in [-0.4, -0.2) is 50.0 Å². The monoisotopic (exact) mass is 501 g/mol. The number of anilines is 1. The normalized spacial score (nSPS) is 12.8. The Morgan fingerprint density at radius 2 is 1.60 bits per heavy atom. The zero-order chi connectivity index (χ0) is 26.6. The number of hydrogen-bond acceptors (Lipinski definition) is 4. The quantitative estimate of drug-likeness (QED) is 0.563. The van der Waals surface area contributed by atoms with Gasteiger partial charge in [-0.1, -0.05) is 62.7 Å². The fraction of sp³-hybridized carbons (Fsp3) is 0.481. The summed E-state index contributed by atoms with van der Waals surface area (Å²) in [5.74, 6) is -0.746. The molecule has 1 N–H and O–H groups in total. The average molecular weight is 502 g/mol. The van der Waals surface area contributed by atoms with E-state index < -0.39 is 28.5 Å².